The zero-order valence-corrected chi connectivity index (χ0v) is 16.7. The third kappa shape index (κ3) is 4.38. The molecule has 3 rings (SSSR count). The van der Waals surface area contributed by atoms with Crippen molar-refractivity contribution in [3.05, 3.63) is 29.1 Å². The van der Waals surface area contributed by atoms with E-state index in [1.165, 1.54) is 12.1 Å². The SMILES string of the molecule is CCOC(=O)c1cc2c(cc1F)C(NC(=O)OC(C)(C)C)CC1(CCNC1)O2. The van der Waals surface area contributed by atoms with Crippen LogP contribution in [-0.4, -0.2) is 43.0 Å². The molecule has 0 aliphatic carbocycles. The lowest BCUT2D eigenvalue weighted by Crippen LogP contribution is -2.47. The molecule has 1 aromatic rings. The van der Waals surface area contributed by atoms with E-state index < -0.39 is 35.1 Å². The summed E-state index contributed by atoms with van der Waals surface area (Å²) in [5, 5.41) is 6.09. The lowest BCUT2D eigenvalue weighted by atomic mass is 9.86. The molecule has 2 N–H and O–H groups in total. The number of benzene rings is 1. The number of amides is 1. The van der Waals surface area contributed by atoms with Crippen LogP contribution >= 0.6 is 0 Å². The number of hydrogen-bond donors (Lipinski definition) is 2. The number of esters is 1. The summed E-state index contributed by atoms with van der Waals surface area (Å²) in [6.45, 7) is 8.51. The monoisotopic (exact) mass is 394 g/mol. The first kappa shape index (κ1) is 20.4. The Morgan fingerprint density at radius 1 is 1.39 bits per heavy atom. The summed E-state index contributed by atoms with van der Waals surface area (Å²) in [6.07, 6.45) is 0.636. The molecule has 2 aliphatic heterocycles. The van der Waals surface area contributed by atoms with E-state index in [4.69, 9.17) is 14.2 Å². The molecule has 1 fully saturated rings. The van der Waals surface area contributed by atoms with Gasteiger partial charge >= 0.3 is 12.1 Å². The van der Waals surface area contributed by atoms with Gasteiger partial charge in [-0.3, -0.25) is 0 Å². The van der Waals surface area contributed by atoms with Crippen LogP contribution in [0.25, 0.3) is 0 Å². The molecule has 0 aromatic heterocycles. The van der Waals surface area contributed by atoms with Crippen molar-refractivity contribution in [3.63, 3.8) is 0 Å². The summed E-state index contributed by atoms with van der Waals surface area (Å²) in [4.78, 5) is 24.4. The normalized spacial score (nSPS) is 23.7. The van der Waals surface area contributed by atoms with E-state index in [0.29, 0.717) is 24.3 Å². The average Bonchev–Trinajstić information content (AvgIpc) is 3.01. The van der Waals surface area contributed by atoms with E-state index in [2.05, 4.69) is 10.6 Å². The van der Waals surface area contributed by atoms with E-state index in [1.807, 2.05) is 0 Å². The molecular weight excluding hydrogens is 367 g/mol. The van der Waals surface area contributed by atoms with Crippen LogP contribution in [0.3, 0.4) is 0 Å². The first-order valence-corrected chi connectivity index (χ1v) is 9.52. The van der Waals surface area contributed by atoms with Gasteiger partial charge in [0.15, 0.2) is 0 Å². The van der Waals surface area contributed by atoms with Gasteiger partial charge in [-0.2, -0.15) is 0 Å². The van der Waals surface area contributed by atoms with Gasteiger partial charge in [-0.25, -0.2) is 14.0 Å². The van der Waals surface area contributed by atoms with Crippen LogP contribution in [0.15, 0.2) is 12.1 Å². The van der Waals surface area contributed by atoms with Gasteiger partial charge in [-0.1, -0.05) is 0 Å². The molecule has 2 atom stereocenters. The van der Waals surface area contributed by atoms with Crippen molar-refractivity contribution in [2.24, 2.45) is 0 Å². The fourth-order valence-electron chi connectivity index (χ4n) is 3.61. The maximum absolute atomic E-state index is 14.6. The lowest BCUT2D eigenvalue weighted by molar-refractivity contribution is 0.0314. The van der Waals surface area contributed by atoms with Crippen molar-refractivity contribution in [1.29, 1.82) is 0 Å². The quantitative estimate of drug-likeness (QED) is 0.767. The molecule has 2 unspecified atom stereocenters. The minimum atomic E-state index is -0.743. The first-order chi connectivity index (χ1) is 13.1. The average molecular weight is 394 g/mol. The third-order valence-electron chi connectivity index (χ3n) is 4.77. The van der Waals surface area contributed by atoms with Crippen molar-refractivity contribution in [2.45, 2.75) is 57.8 Å². The molecule has 1 aromatic carbocycles. The summed E-state index contributed by atoms with van der Waals surface area (Å²) in [5.74, 6) is -1.08. The Balaban J connectivity index is 1.94. The highest BCUT2D eigenvalue weighted by Crippen LogP contribution is 2.43. The molecule has 1 saturated heterocycles. The van der Waals surface area contributed by atoms with Crippen molar-refractivity contribution in [1.82, 2.24) is 10.6 Å². The number of ether oxygens (including phenoxy) is 3. The highest BCUT2D eigenvalue weighted by Gasteiger charge is 2.44. The Bertz CT molecular complexity index is 769. The van der Waals surface area contributed by atoms with Crippen LogP contribution in [0.2, 0.25) is 0 Å². The highest BCUT2D eigenvalue weighted by molar-refractivity contribution is 5.90. The fourth-order valence-corrected chi connectivity index (χ4v) is 3.61. The summed E-state index contributed by atoms with van der Waals surface area (Å²) < 4.78 is 31.1. The predicted molar refractivity (Wildman–Crippen MR) is 99.9 cm³/mol. The van der Waals surface area contributed by atoms with Gasteiger partial charge in [0, 0.05) is 24.9 Å². The smallest absolute Gasteiger partial charge is 0.408 e. The van der Waals surface area contributed by atoms with Crippen LogP contribution < -0.4 is 15.4 Å². The Morgan fingerprint density at radius 3 is 2.75 bits per heavy atom. The molecule has 2 heterocycles. The molecular formula is C20H27FN2O5. The molecule has 0 radical (unpaired) electrons. The zero-order chi connectivity index (χ0) is 20.5. The van der Waals surface area contributed by atoms with Gasteiger partial charge in [0.25, 0.3) is 0 Å². The molecule has 0 saturated carbocycles. The van der Waals surface area contributed by atoms with E-state index >= 15 is 0 Å². The highest BCUT2D eigenvalue weighted by atomic mass is 19.1. The van der Waals surface area contributed by atoms with Crippen LogP contribution in [-0.2, 0) is 9.47 Å². The molecule has 154 valence electrons. The second-order valence-electron chi connectivity index (χ2n) is 8.21. The molecule has 28 heavy (non-hydrogen) atoms. The van der Waals surface area contributed by atoms with Crippen molar-refractivity contribution < 1.29 is 28.2 Å². The number of rotatable bonds is 3. The topological polar surface area (TPSA) is 85.9 Å². The Hall–Kier alpha value is -2.35. The fraction of sp³-hybridized carbons (Fsp3) is 0.600. The second-order valence-corrected chi connectivity index (χ2v) is 8.21. The number of halogens is 1. The lowest BCUT2D eigenvalue weighted by Gasteiger charge is -2.40. The Kier molecular flexibility index (Phi) is 5.52. The summed E-state index contributed by atoms with van der Waals surface area (Å²) in [6, 6.07) is 2.11. The minimum Gasteiger partial charge on any atom is -0.485 e. The predicted octanol–water partition coefficient (Wildman–Crippen LogP) is 3.08. The molecule has 1 spiro atoms. The van der Waals surface area contributed by atoms with E-state index in [9.17, 15) is 14.0 Å². The maximum Gasteiger partial charge on any atom is 0.408 e. The molecule has 8 heteroatoms. The van der Waals surface area contributed by atoms with E-state index in [0.717, 1.165) is 13.0 Å². The number of alkyl carbamates (subject to hydrolysis) is 1. The number of nitrogens with one attached hydrogen (secondary N) is 2. The van der Waals surface area contributed by atoms with Gasteiger partial charge in [0.1, 0.15) is 22.8 Å². The molecule has 0 bridgehead atoms. The van der Waals surface area contributed by atoms with E-state index in [-0.39, 0.29) is 12.2 Å². The molecule has 2 aliphatic rings. The van der Waals surface area contributed by atoms with Crippen LogP contribution in [0, 0.1) is 5.82 Å². The van der Waals surface area contributed by atoms with Crippen molar-refractivity contribution in [2.75, 3.05) is 19.7 Å². The number of fused-ring (bicyclic) bond motifs is 1. The van der Waals surface area contributed by atoms with E-state index in [1.54, 1.807) is 27.7 Å². The summed E-state index contributed by atoms with van der Waals surface area (Å²) >= 11 is 0. The second kappa shape index (κ2) is 7.58. The van der Waals surface area contributed by atoms with Crippen molar-refractivity contribution in [3.8, 4) is 5.75 Å². The maximum atomic E-state index is 14.6. The third-order valence-corrected chi connectivity index (χ3v) is 4.77. The molecule has 7 nitrogen and oxygen atoms in total. The summed E-state index contributed by atoms with van der Waals surface area (Å²) in [5.41, 5.74) is -0.881. The zero-order valence-electron chi connectivity index (χ0n) is 16.7. The van der Waals surface area contributed by atoms with Gasteiger partial charge in [0.05, 0.1) is 18.2 Å². The van der Waals surface area contributed by atoms with Crippen LogP contribution in [0.5, 0.6) is 5.75 Å². The van der Waals surface area contributed by atoms with Gasteiger partial charge < -0.3 is 24.8 Å². The largest absolute Gasteiger partial charge is 0.485 e. The van der Waals surface area contributed by atoms with Gasteiger partial charge in [0.2, 0.25) is 0 Å². The van der Waals surface area contributed by atoms with Crippen molar-refractivity contribution >= 4 is 12.1 Å². The van der Waals surface area contributed by atoms with Gasteiger partial charge in [-0.05, 0) is 46.4 Å². The first-order valence-electron chi connectivity index (χ1n) is 9.52. The van der Waals surface area contributed by atoms with Crippen LogP contribution in [0.4, 0.5) is 9.18 Å². The Morgan fingerprint density at radius 2 is 2.14 bits per heavy atom. The number of carbonyl (C=O) groups excluding carboxylic acids is 2. The molecule has 1 amide bonds. The Labute approximate surface area is 163 Å². The number of carbonyl (C=O) groups is 2. The summed E-state index contributed by atoms with van der Waals surface area (Å²) in [7, 11) is 0. The van der Waals surface area contributed by atoms with Crippen LogP contribution in [0.1, 0.15) is 62.5 Å². The minimum absolute atomic E-state index is 0.146. The standard InChI is InChI=1S/C20H27FN2O5/c1-5-26-17(24)12-9-16-13(8-14(12)21)15(23-18(25)28-19(2,3)4)10-20(27-16)6-7-22-11-20/h8-9,15,22H,5-7,10-11H2,1-4H3,(H,23,25). The number of hydrogen-bond acceptors (Lipinski definition) is 6. The van der Waals surface area contributed by atoms with Gasteiger partial charge in [-0.15, -0.1) is 0 Å².